The van der Waals surface area contributed by atoms with Crippen LogP contribution in [0.25, 0.3) is 11.1 Å². The first kappa shape index (κ1) is 14.1. The highest BCUT2D eigenvalue weighted by Crippen LogP contribution is 2.15. The Hall–Kier alpha value is -2.86. The van der Waals surface area contributed by atoms with Gasteiger partial charge in [0.05, 0.1) is 5.52 Å². The molecule has 0 aliphatic heterocycles. The topological polar surface area (TPSA) is 90.3 Å². The van der Waals surface area contributed by atoms with Gasteiger partial charge in [-0.15, -0.1) is 0 Å². The van der Waals surface area contributed by atoms with E-state index in [-0.39, 0.29) is 12.5 Å². The predicted molar refractivity (Wildman–Crippen MR) is 83.4 cm³/mol. The van der Waals surface area contributed by atoms with Gasteiger partial charge in [-0.1, -0.05) is 30.3 Å². The van der Waals surface area contributed by atoms with Gasteiger partial charge in [-0.2, -0.15) is 0 Å². The van der Waals surface area contributed by atoms with E-state index in [1.165, 1.54) is 4.57 Å². The largest absolute Gasteiger partial charge is 0.420 e. The Morgan fingerprint density at radius 1 is 1.14 bits per heavy atom. The standard InChI is InChI=1S/C16H15N3O3/c17-9-11-5-1-2-6-12(11)18-15(20)10-19-13-7-3-4-8-14(13)22-16(19)21/h1-8H,9-10,17H2,(H,18,20). The van der Waals surface area contributed by atoms with E-state index in [0.717, 1.165) is 5.56 Å². The molecule has 0 unspecified atom stereocenters. The lowest BCUT2D eigenvalue weighted by Crippen LogP contribution is -2.25. The zero-order valence-corrected chi connectivity index (χ0v) is 11.8. The molecule has 2 aromatic carbocycles. The molecule has 6 nitrogen and oxygen atoms in total. The van der Waals surface area contributed by atoms with Crippen molar-refractivity contribution < 1.29 is 9.21 Å². The molecule has 3 N–H and O–H groups in total. The minimum Gasteiger partial charge on any atom is -0.408 e. The normalized spacial score (nSPS) is 10.8. The number of fused-ring (bicyclic) bond motifs is 1. The van der Waals surface area contributed by atoms with Crippen molar-refractivity contribution in [3.63, 3.8) is 0 Å². The first-order valence-electron chi connectivity index (χ1n) is 6.85. The monoisotopic (exact) mass is 297 g/mol. The van der Waals surface area contributed by atoms with Gasteiger partial charge >= 0.3 is 5.76 Å². The van der Waals surface area contributed by atoms with Crippen LogP contribution in [0.5, 0.6) is 0 Å². The fraction of sp³-hybridized carbons (Fsp3) is 0.125. The van der Waals surface area contributed by atoms with E-state index in [1.54, 1.807) is 30.3 Å². The van der Waals surface area contributed by atoms with Gasteiger partial charge in [0.15, 0.2) is 5.58 Å². The fourth-order valence-electron chi connectivity index (χ4n) is 2.32. The zero-order chi connectivity index (χ0) is 15.5. The molecule has 112 valence electrons. The van der Waals surface area contributed by atoms with Gasteiger partial charge in [-0.3, -0.25) is 9.36 Å². The number of amides is 1. The van der Waals surface area contributed by atoms with E-state index >= 15 is 0 Å². The van der Waals surface area contributed by atoms with Crippen molar-refractivity contribution in [3.8, 4) is 0 Å². The molecular formula is C16H15N3O3. The van der Waals surface area contributed by atoms with Crippen molar-refractivity contribution >= 4 is 22.7 Å². The van der Waals surface area contributed by atoms with Crippen LogP contribution in [0.1, 0.15) is 5.56 Å². The number of carbonyl (C=O) groups is 1. The van der Waals surface area contributed by atoms with Crippen molar-refractivity contribution in [2.45, 2.75) is 13.1 Å². The van der Waals surface area contributed by atoms with E-state index in [4.69, 9.17) is 10.2 Å². The number of hydrogen-bond acceptors (Lipinski definition) is 4. The molecular weight excluding hydrogens is 282 g/mol. The Labute approximate surface area is 126 Å². The zero-order valence-electron chi connectivity index (χ0n) is 11.8. The molecule has 6 heteroatoms. The maximum atomic E-state index is 12.2. The Balaban J connectivity index is 1.85. The average Bonchev–Trinajstić information content (AvgIpc) is 2.84. The van der Waals surface area contributed by atoms with E-state index in [2.05, 4.69) is 5.32 Å². The number of nitrogens with one attached hydrogen (secondary N) is 1. The van der Waals surface area contributed by atoms with Gasteiger partial charge in [0.2, 0.25) is 5.91 Å². The molecule has 0 saturated heterocycles. The molecule has 1 aromatic heterocycles. The molecule has 3 aromatic rings. The second kappa shape index (κ2) is 5.87. The third-order valence-corrected chi connectivity index (χ3v) is 3.39. The number of nitrogens with zero attached hydrogens (tertiary/aromatic N) is 1. The molecule has 0 atom stereocenters. The summed E-state index contributed by atoms with van der Waals surface area (Å²) in [5.41, 5.74) is 8.18. The number of benzene rings is 2. The van der Waals surface area contributed by atoms with Crippen molar-refractivity contribution in [2.75, 3.05) is 5.32 Å². The van der Waals surface area contributed by atoms with E-state index in [9.17, 15) is 9.59 Å². The molecule has 1 amide bonds. The lowest BCUT2D eigenvalue weighted by atomic mass is 10.2. The third kappa shape index (κ3) is 2.64. The van der Waals surface area contributed by atoms with Crippen LogP contribution in [0.2, 0.25) is 0 Å². The molecule has 3 rings (SSSR count). The predicted octanol–water partition coefficient (Wildman–Crippen LogP) is 1.69. The molecule has 1 heterocycles. The highest BCUT2D eigenvalue weighted by Gasteiger charge is 2.13. The molecule has 22 heavy (non-hydrogen) atoms. The molecule has 0 aliphatic carbocycles. The van der Waals surface area contributed by atoms with Gasteiger partial charge in [-0.05, 0) is 23.8 Å². The van der Waals surface area contributed by atoms with Crippen LogP contribution >= 0.6 is 0 Å². The van der Waals surface area contributed by atoms with E-state index in [1.807, 2.05) is 18.2 Å². The maximum absolute atomic E-state index is 12.2. The van der Waals surface area contributed by atoms with Crippen LogP contribution in [0.3, 0.4) is 0 Å². The lowest BCUT2D eigenvalue weighted by Gasteiger charge is -2.09. The summed E-state index contributed by atoms with van der Waals surface area (Å²) in [5.74, 6) is -0.863. The second-order valence-corrected chi connectivity index (χ2v) is 4.83. The fourth-order valence-corrected chi connectivity index (χ4v) is 2.32. The number of para-hydroxylation sites is 3. The molecule has 0 bridgehead atoms. The lowest BCUT2D eigenvalue weighted by molar-refractivity contribution is -0.116. The maximum Gasteiger partial charge on any atom is 0.420 e. The summed E-state index contributed by atoms with van der Waals surface area (Å²) in [5, 5.41) is 2.77. The summed E-state index contributed by atoms with van der Waals surface area (Å²) in [6.45, 7) is 0.208. The summed E-state index contributed by atoms with van der Waals surface area (Å²) in [6, 6.07) is 14.3. The smallest absolute Gasteiger partial charge is 0.408 e. The van der Waals surface area contributed by atoms with Gasteiger partial charge < -0.3 is 15.5 Å². The summed E-state index contributed by atoms with van der Waals surface area (Å²) in [7, 11) is 0. The van der Waals surface area contributed by atoms with Gasteiger partial charge in [0, 0.05) is 12.2 Å². The number of hydrogen-bond donors (Lipinski definition) is 2. The molecule has 0 saturated carbocycles. The van der Waals surface area contributed by atoms with Crippen LogP contribution in [0.15, 0.2) is 57.7 Å². The summed E-state index contributed by atoms with van der Waals surface area (Å²) >= 11 is 0. The number of oxazole rings is 1. The second-order valence-electron chi connectivity index (χ2n) is 4.83. The van der Waals surface area contributed by atoms with Crippen LogP contribution in [0.4, 0.5) is 5.69 Å². The van der Waals surface area contributed by atoms with Crippen molar-refractivity contribution in [1.82, 2.24) is 4.57 Å². The Bertz CT molecular complexity index is 879. The van der Waals surface area contributed by atoms with Gasteiger partial charge in [0.25, 0.3) is 0 Å². The highest BCUT2D eigenvalue weighted by atomic mass is 16.4. The van der Waals surface area contributed by atoms with Crippen LogP contribution in [0, 0.1) is 0 Å². The summed E-state index contributed by atoms with van der Waals surface area (Å²) in [4.78, 5) is 24.0. The number of carbonyl (C=O) groups excluding carboxylic acids is 1. The SMILES string of the molecule is NCc1ccccc1NC(=O)Cn1c(=O)oc2ccccc21. The Morgan fingerprint density at radius 3 is 2.68 bits per heavy atom. The molecule has 0 radical (unpaired) electrons. The van der Waals surface area contributed by atoms with Crippen LogP contribution in [-0.4, -0.2) is 10.5 Å². The molecule has 0 spiro atoms. The number of aromatic nitrogens is 1. The minimum atomic E-state index is -0.552. The van der Waals surface area contributed by atoms with Gasteiger partial charge in [0.1, 0.15) is 6.54 Å². The van der Waals surface area contributed by atoms with Crippen LogP contribution < -0.4 is 16.8 Å². The quantitative estimate of drug-likeness (QED) is 0.766. The van der Waals surface area contributed by atoms with Crippen molar-refractivity contribution in [1.29, 1.82) is 0 Å². The van der Waals surface area contributed by atoms with E-state index < -0.39 is 5.76 Å². The minimum absolute atomic E-state index is 0.116. The van der Waals surface area contributed by atoms with Crippen LogP contribution in [-0.2, 0) is 17.9 Å². The molecule has 0 aliphatic rings. The van der Waals surface area contributed by atoms with Crippen molar-refractivity contribution in [2.24, 2.45) is 5.73 Å². The third-order valence-electron chi connectivity index (χ3n) is 3.39. The Kier molecular flexibility index (Phi) is 3.76. The summed E-state index contributed by atoms with van der Waals surface area (Å²) < 4.78 is 6.40. The number of nitrogens with two attached hydrogens (primary N) is 1. The average molecular weight is 297 g/mol. The number of rotatable bonds is 4. The highest BCUT2D eigenvalue weighted by molar-refractivity contribution is 5.92. The van der Waals surface area contributed by atoms with Gasteiger partial charge in [-0.25, -0.2) is 4.79 Å². The summed E-state index contributed by atoms with van der Waals surface area (Å²) in [6.07, 6.45) is 0. The molecule has 0 fully saturated rings. The van der Waals surface area contributed by atoms with E-state index in [0.29, 0.717) is 23.3 Å². The Morgan fingerprint density at radius 2 is 1.86 bits per heavy atom. The van der Waals surface area contributed by atoms with Crippen molar-refractivity contribution in [3.05, 3.63) is 64.6 Å². The first-order valence-corrected chi connectivity index (χ1v) is 6.85. The number of anilines is 1. The first-order chi connectivity index (χ1) is 10.7.